The Labute approximate surface area is 115 Å². The Kier molecular flexibility index (Phi) is 4.11. The van der Waals surface area contributed by atoms with Crippen LogP contribution in [0.3, 0.4) is 0 Å². The number of hydrogen-bond donors (Lipinski definition) is 0. The van der Waals surface area contributed by atoms with Gasteiger partial charge in [0.05, 0.1) is 11.3 Å². The summed E-state index contributed by atoms with van der Waals surface area (Å²) in [4.78, 5) is 3.81. The number of hydrogen-bond acceptors (Lipinski definition) is 2. The van der Waals surface area contributed by atoms with Gasteiger partial charge in [-0.05, 0) is 24.6 Å². The van der Waals surface area contributed by atoms with Crippen molar-refractivity contribution >= 4 is 0 Å². The highest BCUT2D eigenvalue weighted by molar-refractivity contribution is 5.26. The first-order valence-corrected chi connectivity index (χ1v) is 6.51. The van der Waals surface area contributed by atoms with Gasteiger partial charge in [-0.1, -0.05) is 20.3 Å². The van der Waals surface area contributed by atoms with Crippen LogP contribution in [-0.4, -0.2) is 14.8 Å². The number of halogens is 3. The van der Waals surface area contributed by atoms with Gasteiger partial charge in [0.2, 0.25) is 0 Å². The van der Waals surface area contributed by atoms with Crippen molar-refractivity contribution in [3.63, 3.8) is 0 Å². The molecule has 0 fully saturated rings. The van der Waals surface area contributed by atoms with Crippen molar-refractivity contribution in [3.05, 3.63) is 41.9 Å². The van der Waals surface area contributed by atoms with Crippen LogP contribution in [0.2, 0.25) is 0 Å². The van der Waals surface area contributed by atoms with Crippen LogP contribution < -0.4 is 0 Å². The van der Waals surface area contributed by atoms with Crippen LogP contribution in [-0.2, 0) is 6.18 Å². The van der Waals surface area contributed by atoms with E-state index < -0.39 is 11.7 Å². The standard InChI is InChI=1S/C14H16F3N3/c1-3-4-10(2)12-7-8-20(19-12)13-6-5-11(9-18-13)14(15,16)17/h5-10H,3-4H2,1-2H3. The van der Waals surface area contributed by atoms with Crippen LogP contribution >= 0.6 is 0 Å². The molecule has 0 aliphatic carbocycles. The van der Waals surface area contributed by atoms with Crippen LogP contribution in [0.5, 0.6) is 0 Å². The smallest absolute Gasteiger partial charge is 0.237 e. The van der Waals surface area contributed by atoms with Gasteiger partial charge in [-0.15, -0.1) is 0 Å². The lowest BCUT2D eigenvalue weighted by Gasteiger charge is -2.07. The van der Waals surface area contributed by atoms with Crippen molar-refractivity contribution in [2.45, 2.75) is 38.8 Å². The van der Waals surface area contributed by atoms with Gasteiger partial charge in [0.1, 0.15) is 0 Å². The number of aromatic nitrogens is 3. The van der Waals surface area contributed by atoms with Crippen molar-refractivity contribution in [1.29, 1.82) is 0 Å². The first-order valence-electron chi connectivity index (χ1n) is 6.51. The highest BCUT2D eigenvalue weighted by atomic mass is 19.4. The van der Waals surface area contributed by atoms with Crippen LogP contribution in [0.25, 0.3) is 5.82 Å². The summed E-state index contributed by atoms with van der Waals surface area (Å²) in [6, 6.07) is 4.21. The average molecular weight is 283 g/mol. The number of pyridine rings is 1. The third kappa shape index (κ3) is 3.18. The minimum absolute atomic E-state index is 0.329. The van der Waals surface area contributed by atoms with E-state index in [9.17, 15) is 13.2 Å². The second-order valence-electron chi connectivity index (χ2n) is 4.78. The largest absolute Gasteiger partial charge is 0.417 e. The van der Waals surface area contributed by atoms with E-state index in [2.05, 4.69) is 23.9 Å². The molecule has 6 heteroatoms. The summed E-state index contributed by atoms with van der Waals surface area (Å²) < 4.78 is 38.9. The molecule has 2 aromatic heterocycles. The molecule has 0 amide bonds. The van der Waals surface area contributed by atoms with E-state index in [4.69, 9.17) is 0 Å². The first-order chi connectivity index (χ1) is 9.41. The molecule has 20 heavy (non-hydrogen) atoms. The van der Waals surface area contributed by atoms with E-state index in [1.807, 2.05) is 6.07 Å². The third-order valence-corrected chi connectivity index (χ3v) is 3.15. The van der Waals surface area contributed by atoms with Crippen LogP contribution in [0.1, 0.15) is 43.9 Å². The third-order valence-electron chi connectivity index (χ3n) is 3.15. The second kappa shape index (κ2) is 5.64. The molecule has 2 aromatic rings. The average Bonchev–Trinajstić information content (AvgIpc) is 2.88. The summed E-state index contributed by atoms with van der Waals surface area (Å²) in [7, 11) is 0. The van der Waals surface area contributed by atoms with Gasteiger partial charge in [-0.2, -0.15) is 18.3 Å². The van der Waals surface area contributed by atoms with Gasteiger partial charge in [0.25, 0.3) is 0 Å². The number of rotatable bonds is 4. The molecule has 108 valence electrons. The molecule has 0 aromatic carbocycles. The summed E-state index contributed by atoms with van der Waals surface area (Å²) in [5, 5.41) is 4.36. The lowest BCUT2D eigenvalue weighted by molar-refractivity contribution is -0.137. The molecule has 0 bridgehead atoms. The molecule has 0 aliphatic heterocycles. The molecule has 0 saturated heterocycles. The van der Waals surface area contributed by atoms with Crippen molar-refractivity contribution < 1.29 is 13.2 Å². The fraction of sp³-hybridized carbons (Fsp3) is 0.429. The van der Waals surface area contributed by atoms with Crippen molar-refractivity contribution in [3.8, 4) is 5.82 Å². The highest BCUT2D eigenvalue weighted by Gasteiger charge is 2.30. The number of nitrogens with zero attached hydrogens (tertiary/aromatic N) is 3. The van der Waals surface area contributed by atoms with Gasteiger partial charge < -0.3 is 0 Å². The second-order valence-corrected chi connectivity index (χ2v) is 4.78. The Hall–Kier alpha value is -1.85. The molecule has 0 saturated carbocycles. The van der Waals surface area contributed by atoms with E-state index in [0.29, 0.717) is 11.7 Å². The van der Waals surface area contributed by atoms with Crippen molar-refractivity contribution in [1.82, 2.24) is 14.8 Å². The molecule has 0 spiro atoms. The van der Waals surface area contributed by atoms with Crippen LogP contribution in [0.15, 0.2) is 30.6 Å². The molecule has 1 atom stereocenters. The van der Waals surface area contributed by atoms with Crippen LogP contribution in [0, 0.1) is 0 Å². The summed E-state index contributed by atoms with van der Waals surface area (Å²) in [6.45, 7) is 4.18. The maximum atomic E-state index is 12.5. The fourth-order valence-corrected chi connectivity index (χ4v) is 2.00. The van der Waals surface area contributed by atoms with Gasteiger partial charge in [0.15, 0.2) is 5.82 Å². The van der Waals surface area contributed by atoms with Gasteiger partial charge in [-0.25, -0.2) is 9.67 Å². The maximum absolute atomic E-state index is 12.5. The van der Waals surface area contributed by atoms with E-state index >= 15 is 0 Å². The SMILES string of the molecule is CCCC(C)c1ccn(-c2ccc(C(F)(F)F)cn2)n1. The Morgan fingerprint density at radius 3 is 2.55 bits per heavy atom. The molecule has 0 N–H and O–H groups in total. The first kappa shape index (κ1) is 14.6. The molecule has 2 rings (SSSR count). The topological polar surface area (TPSA) is 30.7 Å². The normalized spacial score (nSPS) is 13.4. The Morgan fingerprint density at radius 2 is 2.00 bits per heavy atom. The fourth-order valence-electron chi connectivity index (χ4n) is 2.00. The zero-order valence-corrected chi connectivity index (χ0v) is 11.4. The summed E-state index contributed by atoms with van der Waals surface area (Å²) in [5.74, 6) is 0.712. The van der Waals surface area contributed by atoms with E-state index in [1.165, 1.54) is 10.7 Å². The van der Waals surface area contributed by atoms with Gasteiger partial charge in [0, 0.05) is 18.3 Å². The summed E-state index contributed by atoms with van der Waals surface area (Å²) >= 11 is 0. The lowest BCUT2D eigenvalue weighted by Crippen LogP contribution is -2.07. The van der Waals surface area contributed by atoms with Gasteiger partial charge in [-0.3, -0.25) is 0 Å². The van der Waals surface area contributed by atoms with Crippen LogP contribution in [0.4, 0.5) is 13.2 Å². The highest BCUT2D eigenvalue weighted by Crippen LogP contribution is 2.28. The molecule has 2 heterocycles. The zero-order valence-electron chi connectivity index (χ0n) is 11.4. The number of alkyl halides is 3. The molecule has 0 aliphatic rings. The maximum Gasteiger partial charge on any atom is 0.417 e. The Bertz CT molecular complexity index is 558. The monoisotopic (exact) mass is 283 g/mol. The Morgan fingerprint density at radius 1 is 1.25 bits per heavy atom. The molecule has 1 unspecified atom stereocenters. The minimum atomic E-state index is -4.36. The molecular formula is C14H16F3N3. The Balaban J connectivity index is 2.20. The van der Waals surface area contributed by atoms with Gasteiger partial charge >= 0.3 is 6.18 Å². The minimum Gasteiger partial charge on any atom is -0.237 e. The van der Waals surface area contributed by atoms with Crippen molar-refractivity contribution in [2.75, 3.05) is 0 Å². The summed E-state index contributed by atoms with van der Waals surface area (Å²) in [5.41, 5.74) is 0.168. The van der Waals surface area contributed by atoms with E-state index in [1.54, 1.807) is 6.20 Å². The molecule has 3 nitrogen and oxygen atoms in total. The quantitative estimate of drug-likeness (QED) is 0.842. The molecular weight excluding hydrogens is 267 g/mol. The van der Waals surface area contributed by atoms with E-state index in [-0.39, 0.29) is 0 Å². The lowest BCUT2D eigenvalue weighted by atomic mass is 10.0. The zero-order chi connectivity index (χ0) is 14.8. The summed E-state index contributed by atoms with van der Waals surface area (Å²) in [6.07, 6.45) is 0.268. The predicted molar refractivity (Wildman–Crippen MR) is 69.7 cm³/mol. The molecule has 0 radical (unpaired) electrons. The van der Waals surface area contributed by atoms with E-state index in [0.717, 1.165) is 30.8 Å². The predicted octanol–water partition coefficient (Wildman–Crippen LogP) is 4.19. The van der Waals surface area contributed by atoms with Crippen molar-refractivity contribution in [2.24, 2.45) is 0 Å².